The van der Waals surface area contributed by atoms with Crippen LogP contribution in [-0.2, 0) is 9.53 Å². The highest BCUT2D eigenvalue weighted by Gasteiger charge is 2.38. The molecule has 2 fully saturated rings. The lowest BCUT2D eigenvalue weighted by Gasteiger charge is -2.28. The molecule has 1 aromatic rings. The largest absolute Gasteiger partial charge is 0.493 e. The van der Waals surface area contributed by atoms with Gasteiger partial charge in [0.25, 0.3) is 5.91 Å². The van der Waals surface area contributed by atoms with E-state index < -0.39 is 0 Å². The average Bonchev–Trinajstić information content (AvgIpc) is 3.29. The Morgan fingerprint density at radius 2 is 2.00 bits per heavy atom. The fourth-order valence-electron chi connectivity index (χ4n) is 3.68. The highest BCUT2D eigenvalue weighted by atomic mass is 35.5. The van der Waals surface area contributed by atoms with Crippen molar-refractivity contribution >= 4 is 18.3 Å². The Labute approximate surface area is 155 Å². The van der Waals surface area contributed by atoms with E-state index in [-0.39, 0.29) is 36.6 Å². The number of amides is 1. The Bertz CT molecular complexity index is 598. The first-order chi connectivity index (χ1) is 11.7. The molecule has 7 heteroatoms. The molecule has 2 saturated heterocycles. The van der Waals surface area contributed by atoms with Crippen LogP contribution in [0.15, 0.2) is 18.2 Å². The maximum absolute atomic E-state index is 12.9. The summed E-state index contributed by atoms with van der Waals surface area (Å²) in [6.45, 7) is 1.24. The monoisotopic (exact) mass is 370 g/mol. The third-order valence-electron chi connectivity index (χ3n) is 4.97. The maximum Gasteiger partial charge on any atom is 0.252 e. The highest BCUT2D eigenvalue weighted by molar-refractivity contribution is 5.85. The van der Waals surface area contributed by atoms with E-state index in [0.29, 0.717) is 18.0 Å². The minimum absolute atomic E-state index is 0. The lowest BCUT2D eigenvalue weighted by molar-refractivity contribution is -0.143. The molecule has 0 aromatic heterocycles. The molecule has 2 heterocycles. The fourth-order valence-corrected chi connectivity index (χ4v) is 3.68. The number of nitrogens with two attached hydrogens (primary N) is 1. The zero-order valence-corrected chi connectivity index (χ0v) is 15.6. The number of carbonyl (C=O) groups is 1. The van der Waals surface area contributed by atoms with E-state index in [1.807, 2.05) is 23.1 Å². The highest BCUT2D eigenvalue weighted by Crippen LogP contribution is 2.38. The quantitative estimate of drug-likeness (QED) is 0.860. The van der Waals surface area contributed by atoms with E-state index in [0.717, 1.165) is 37.8 Å². The van der Waals surface area contributed by atoms with Crippen LogP contribution in [0.2, 0.25) is 0 Å². The Balaban J connectivity index is 0.00000225. The van der Waals surface area contributed by atoms with Crippen LogP contribution in [-0.4, -0.2) is 50.3 Å². The molecule has 140 valence electrons. The van der Waals surface area contributed by atoms with E-state index in [1.165, 1.54) is 0 Å². The van der Waals surface area contributed by atoms with E-state index >= 15 is 0 Å². The Morgan fingerprint density at radius 1 is 1.24 bits per heavy atom. The first kappa shape index (κ1) is 19.8. The predicted molar refractivity (Wildman–Crippen MR) is 97.4 cm³/mol. The molecular formula is C18H27ClN2O4. The molecule has 0 radical (unpaired) electrons. The molecule has 1 unspecified atom stereocenters. The van der Waals surface area contributed by atoms with Crippen LogP contribution >= 0.6 is 12.4 Å². The summed E-state index contributed by atoms with van der Waals surface area (Å²) in [6, 6.07) is 5.94. The van der Waals surface area contributed by atoms with E-state index in [1.54, 1.807) is 14.2 Å². The fraction of sp³-hybridized carbons (Fsp3) is 0.611. The van der Waals surface area contributed by atoms with Crippen molar-refractivity contribution in [1.82, 2.24) is 4.90 Å². The van der Waals surface area contributed by atoms with Crippen LogP contribution in [0.25, 0.3) is 0 Å². The minimum Gasteiger partial charge on any atom is -0.493 e. The second kappa shape index (κ2) is 8.74. The zero-order chi connectivity index (χ0) is 17.1. The maximum atomic E-state index is 12.9. The molecule has 2 aliphatic rings. The summed E-state index contributed by atoms with van der Waals surface area (Å²) in [4.78, 5) is 14.8. The van der Waals surface area contributed by atoms with Gasteiger partial charge in [0.15, 0.2) is 11.5 Å². The number of nitrogens with zero attached hydrogens (tertiary/aromatic N) is 1. The van der Waals surface area contributed by atoms with Crippen LogP contribution < -0.4 is 15.2 Å². The van der Waals surface area contributed by atoms with Crippen molar-refractivity contribution in [1.29, 1.82) is 0 Å². The molecule has 6 nitrogen and oxygen atoms in total. The number of hydrogen-bond acceptors (Lipinski definition) is 5. The predicted octanol–water partition coefficient (Wildman–Crippen LogP) is 2.30. The molecule has 0 bridgehead atoms. The van der Waals surface area contributed by atoms with Gasteiger partial charge < -0.3 is 24.8 Å². The number of methoxy groups -OCH3 is 2. The molecule has 25 heavy (non-hydrogen) atoms. The summed E-state index contributed by atoms with van der Waals surface area (Å²) >= 11 is 0. The van der Waals surface area contributed by atoms with Crippen LogP contribution in [0, 0.1) is 0 Å². The van der Waals surface area contributed by atoms with Crippen LogP contribution in [0.3, 0.4) is 0 Å². The van der Waals surface area contributed by atoms with Crippen LogP contribution in [0.5, 0.6) is 11.5 Å². The summed E-state index contributed by atoms with van der Waals surface area (Å²) in [5.41, 5.74) is 6.73. The Morgan fingerprint density at radius 3 is 2.64 bits per heavy atom. The molecule has 1 aromatic carbocycles. The molecule has 3 rings (SSSR count). The van der Waals surface area contributed by atoms with Gasteiger partial charge in [0.05, 0.1) is 26.4 Å². The summed E-state index contributed by atoms with van der Waals surface area (Å²) in [5, 5.41) is 0. The summed E-state index contributed by atoms with van der Waals surface area (Å²) < 4.78 is 16.5. The second-order valence-electron chi connectivity index (χ2n) is 6.36. The molecule has 3 atom stereocenters. The zero-order valence-electron chi connectivity index (χ0n) is 14.8. The van der Waals surface area contributed by atoms with E-state index in [9.17, 15) is 4.79 Å². The Hall–Kier alpha value is -1.50. The lowest BCUT2D eigenvalue weighted by Crippen LogP contribution is -2.39. The standard InChI is InChI=1S/C18H26N2O4.ClH/c1-22-15-7-5-12(10-17(15)23-2)14-4-3-9-20(14)18(21)16-8-6-13(11-19)24-16;/h5,7,10,13-14,16H,3-4,6,8-9,11,19H2,1-2H3;1H/t13-,14?,16+;/m1./s1. The third-order valence-corrected chi connectivity index (χ3v) is 4.97. The van der Waals surface area contributed by atoms with Gasteiger partial charge in [0.1, 0.15) is 6.10 Å². The lowest BCUT2D eigenvalue weighted by atomic mass is 10.0. The molecule has 1 amide bonds. The smallest absolute Gasteiger partial charge is 0.252 e. The molecule has 0 aliphatic carbocycles. The summed E-state index contributed by atoms with van der Waals surface area (Å²) in [6.07, 6.45) is 3.24. The number of benzene rings is 1. The molecule has 0 spiro atoms. The number of rotatable bonds is 5. The van der Waals surface area contributed by atoms with Crippen molar-refractivity contribution in [3.8, 4) is 11.5 Å². The van der Waals surface area contributed by atoms with Gasteiger partial charge in [-0.25, -0.2) is 0 Å². The van der Waals surface area contributed by atoms with Gasteiger partial charge in [0, 0.05) is 13.1 Å². The van der Waals surface area contributed by atoms with Gasteiger partial charge in [-0.3, -0.25) is 4.79 Å². The van der Waals surface area contributed by atoms with Crippen LogP contribution in [0.1, 0.15) is 37.3 Å². The molecular weight excluding hydrogens is 344 g/mol. The van der Waals surface area contributed by atoms with Gasteiger partial charge >= 0.3 is 0 Å². The van der Waals surface area contributed by atoms with E-state index in [4.69, 9.17) is 19.9 Å². The van der Waals surface area contributed by atoms with Crippen molar-refractivity contribution < 1.29 is 19.0 Å². The number of likely N-dealkylation sites (tertiary alicyclic amines) is 1. The van der Waals surface area contributed by atoms with Gasteiger partial charge in [-0.2, -0.15) is 0 Å². The van der Waals surface area contributed by atoms with Crippen LogP contribution in [0.4, 0.5) is 0 Å². The van der Waals surface area contributed by atoms with Crippen molar-refractivity contribution in [2.75, 3.05) is 27.3 Å². The summed E-state index contributed by atoms with van der Waals surface area (Å²) in [5.74, 6) is 1.47. The minimum atomic E-state index is -0.348. The van der Waals surface area contributed by atoms with E-state index in [2.05, 4.69) is 0 Å². The van der Waals surface area contributed by atoms with Crippen molar-refractivity contribution in [2.45, 2.75) is 43.9 Å². The van der Waals surface area contributed by atoms with Crippen molar-refractivity contribution in [3.63, 3.8) is 0 Å². The SMILES string of the molecule is COc1ccc(C2CCCN2C(=O)[C@@H]2CC[C@H](CN)O2)cc1OC.Cl. The average molecular weight is 371 g/mol. The van der Waals surface area contributed by atoms with Crippen molar-refractivity contribution in [2.24, 2.45) is 5.73 Å². The van der Waals surface area contributed by atoms with Gasteiger partial charge in [-0.15, -0.1) is 12.4 Å². The van der Waals surface area contributed by atoms with Gasteiger partial charge in [-0.1, -0.05) is 6.07 Å². The molecule has 2 N–H and O–H groups in total. The van der Waals surface area contributed by atoms with Gasteiger partial charge in [0.2, 0.25) is 0 Å². The normalized spacial score (nSPS) is 25.6. The molecule has 0 saturated carbocycles. The summed E-state index contributed by atoms with van der Waals surface area (Å²) in [7, 11) is 3.24. The number of carbonyl (C=O) groups excluding carboxylic acids is 1. The van der Waals surface area contributed by atoms with Gasteiger partial charge in [-0.05, 0) is 43.4 Å². The first-order valence-electron chi connectivity index (χ1n) is 8.55. The topological polar surface area (TPSA) is 74.0 Å². The second-order valence-corrected chi connectivity index (χ2v) is 6.36. The first-order valence-corrected chi connectivity index (χ1v) is 8.55. The third kappa shape index (κ3) is 4.02. The number of ether oxygens (including phenoxy) is 3. The van der Waals surface area contributed by atoms with Crippen molar-refractivity contribution in [3.05, 3.63) is 23.8 Å². The number of halogens is 1. The molecule has 2 aliphatic heterocycles. The number of hydrogen-bond donors (Lipinski definition) is 1. The Kier molecular flexibility index (Phi) is 6.93.